The zero-order chi connectivity index (χ0) is 17.4. The van der Waals surface area contributed by atoms with E-state index in [1.54, 1.807) is 4.90 Å². The predicted molar refractivity (Wildman–Crippen MR) is 90.3 cm³/mol. The maximum absolute atomic E-state index is 13.0. The highest BCUT2D eigenvalue weighted by Gasteiger charge is 2.35. The second-order valence-corrected chi connectivity index (χ2v) is 6.23. The maximum atomic E-state index is 13.0. The van der Waals surface area contributed by atoms with E-state index in [4.69, 9.17) is 0 Å². The number of aryl methyl sites for hydroxylation is 1. The lowest BCUT2D eigenvalue weighted by Gasteiger charge is -2.37. The van der Waals surface area contributed by atoms with E-state index >= 15 is 0 Å². The third kappa shape index (κ3) is 2.60. The molecule has 0 saturated carbocycles. The molecule has 0 saturated heterocycles. The number of aromatic nitrogens is 2. The molecule has 2 N–H and O–H groups in total. The average molecular weight is 329 g/mol. The summed E-state index contributed by atoms with van der Waals surface area (Å²) in [6.07, 6.45) is 0. The molecule has 1 aromatic heterocycles. The number of benzene rings is 1. The monoisotopic (exact) mass is 329 g/mol. The molecule has 1 aliphatic rings. The number of carbonyl (C=O) groups excluding carboxylic acids is 1. The van der Waals surface area contributed by atoms with Gasteiger partial charge in [0.15, 0.2) is 0 Å². The summed E-state index contributed by atoms with van der Waals surface area (Å²) in [5.74, 6) is -0.171. The Morgan fingerprint density at radius 1 is 1.42 bits per heavy atom. The van der Waals surface area contributed by atoms with Crippen molar-refractivity contribution in [3.63, 3.8) is 0 Å². The molecule has 24 heavy (non-hydrogen) atoms. The van der Waals surface area contributed by atoms with Crippen molar-refractivity contribution in [2.75, 3.05) is 16.8 Å². The summed E-state index contributed by atoms with van der Waals surface area (Å²) < 4.78 is 0. The Morgan fingerprint density at radius 2 is 2.12 bits per heavy atom. The molecule has 0 fully saturated rings. The van der Waals surface area contributed by atoms with E-state index in [2.05, 4.69) is 29.4 Å². The molecule has 0 bridgehead atoms. The standard InChI is InChI=1S/C16H19N5O3/c1-9(2)12-8-20(13-7-5-4-6-11(13)17-12)16(22)14-15(21(23)24)10(3)18-19-14/h4-7,9,12,17H,8H2,1-3H3,(H,18,19). The summed E-state index contributed by atoms with van der Waals surface area (Å²) in [4.78, 5) is 25.3. The highest BCUT2D eigenvalue weighted by molar-refractivity contribution is 6.09. The summed E-state index contributed by atoms with van der Waals surface area (Å²) in [5.41, 5.74) is 1.39. The number of amides is 1. The Hall–Kier alpha value is -2.90. The molecule has 0 radical (unpaired) electrons. The summed E-state index contributed by atoms with van der Waals surface area (Å²) in [7, 11) is 0. The number of fused-ring (bicyclic) bond motifs is 1. The van der Waals surface area contributed by atoms with Gasteiger partial charge in [-0.05, 0) is 25.0 Å². The summed E-state index contributed by atoms with van der Waals surface area (Å²) >= 11 is 0. The van der Waals surface area contributed by atoms with E-state index in [0.29, 0.717) is 18.2 Å². The van der Waals surface area contributed by atoms with Crippen LogP contribution < -0.4 is 10.2 Å². The van der Waals surface area contributed by atoms with Crippen LogP contribution >= 0.6 is 0 Å². The van der Waals surface area contributed by atoms with Gasteiger partial charge in [0.2, 0.25) is 5.69 Å². The van der Waals surface area contributed by atoms with Crippen LogP contribution in [0.25, 0.3) is 0 Å². The fourth-order valence-electron chi connectivity index (χ4n) is 2.86. The van der Waals surface area contributed by atoms with Gasteiger partial charge in [-0.3, -0.25) is 20.0 Å². The first-order valence-corrected chi connectivity index (χ1v) is 7.77. The molecule has 1 aliphatic heterocycles. The molecule has 1 unspecified atom stereocenters. The van der Waals surface area contributed by atoms with Gasteiger partial charge < -0.3 is 10.2 Å². The van der Waals surface area contributed by atoms with Gasteiger partial charge in [-0.15, -0.1) is 0 Å². The second-order valence-electron chi connectivity index (χ2n) is 6.23. The molecule has 8 heteroatoms. The number of anilines is 2. The Labute approximate surface area is 139 Å². The number of nitro groups is 1. The normalized spacial score (nSPS) is 16.7. The number of aromatic amines is 1. The zero-order valence-corrected chi connectivity index (χ0v) is 13.7. The maximum Gasteiger partial charge on any atom is 0.322 e. The highest BCUT2D eigenvalue weighted by Crippen LogP contribution is 2.34. The molecule has 2 heterocycles. The molecule has 2 aromatic rings. The number of rotatable bonds is 3. The fraction of sp³-hybridized carbons (Fsp3) is 0.375. The van der Waals surface area contributed by atoms with Crippen molar-refractivity contribution in [2.45, 2.75) is 26.8 Å². The van der Waals surface area contributed by atoms with E-state index in [-0.39, 0.29) is 23.1 Å². The third-order valence-electron chi connectivity index (χ3n) is 4.26. The van der Waals surface area contributed by atoms with Crippen LogP contribution in [0.4, 0.5) is 17.1 Å². The van der Waals surface area contributed by atoms with Crippen molar-refractivity contribution in [3.05, 3.63) is 45.8 Å². The lowest BCUT2D eigenvalue weighted by molar-refractivity contribution is -0.385. The minimum atomic E-state index is -0.569. The zero-order valence-electron chi connectivity index (χ0n) is 13.7. The van der Waals surface area contributed by atoms with Crippen LogP contribution in [0.2, 0.25) is 0 Å². The molecule has 8 nitrogen and oxygen atoms in total. The van der Waals surface area contributed by atoms with Crippen LogP contribution in [0.5, 0.6) is 0 Å². The average Bonchev–Trinajstić information content (AvgIpc) is 2.94. The van der Waals surface area contributed by atoms with Gasteiger partial charge in [0, 0.05) is 12.6 Å². The summed E-state index contributed by atoms with van der Waals surface area (Å²) in [6.45, 7) is 6.09. The number of hydrogen-bond donors (Lipinski definition) is 2. The Morgan fingerprint density at radius 3 is 2.79 bits per heavy atom. The van der Waals surface area contributed by atoms with Crippen molar-refractivity contribution < 1.29 is 9.72 Å². The number of carbonyl (C=O) groups is 1. The number of para-hydroxylation sites is 2. The van der Waals surface area contributed by atoms with Crippen LogP contribution in [0.15, 0.2) is 24.3 Å². The quantitative estimate of drug-likeness (QED) is 0.665. The smallest absolute Gasteiger partial charge is 0.322 e. The van der Waals surface area contributed by atoms with E-state index in [1.807, 2.05) is 24.3 Å². The van der Waals surface area contributed by atoms with Crippen molar-refractivity contribution in [1.29, 1.82) is 0 Å². The molecule has 0 spiro atoms. The van der Waals surface area contributed by atoms with Gasteiger partial charge in [0.1, 0.15) is 5.69 Å². The van der Waals surface area contributed by atoms with E-state index < -0.39 is 10.8 Å². The molecule has 1 atom stereocenters. The SMILES string of the molecule is Cc1[nH]nc(C(=O)N2CC(C(C)C)Nc3ccccc32)c1[N+](=O)[O-]. The second kappa shape index (κ2) is 5.95. The molecule has 0 aliphatic carbocycles. The van der Waals surface area contributed by atoms with Crippen LogP contribution in [0.3, 0.4) is 0 Å². The molecule has 1 amide bonds. The first-order chi connectivity index (χ1) is 11.4. The number of nitrogens with zero attached hydrogens (tertiary/aromatic N) is 3. The van der Waals surface area contributed by atoms with Gasteiger partial charge >= 0.3 is 5.69 Å². The van der Waals surface area contributed by atoms with E-state index in [0.717, 1.165) is 5.69 Å². The minimum Gasteiger partial charge on any atom is -0.379 e. The topological polar surface area (TPSA) is 104 Å². The third-order valence-corrected chi connectivity index (χ3v) is 4.26. The van der Waals surface area contributed by atoms with Gasteiger partial charge in [-0.25, -0.2) is 0 Å². The number of nitrogens with one attached hydrogen (secondary N) is 2. The first-order valence-electron chi connectivity index (χ1n) is 7.77. The first kappa shape index (κ1) is 16.0. The van der Waals surface area contributed by atoms with Crippen LogP contribution in [-0.4, -0.2) is 33.6 Å². The van der Waals surface area contributed by atoms with Crippen LogP contribution in [-0.2, 0) is 0 Å². The molecule has 3 rings (SSSR count). The van der Waals surface area contributed by atoms with E-state index in [1.165, 1.54) is 6.92 Å². The summed E-state index contributed by atoms with van der Waals surface area (Å²) in [5, 5.41) is 21.1. The summed E-state index contributed by atoms with van der Waals surface area (Å²) in [6, 6.07) is 7.50. The van der Waals surface area contributed by atoms with Gasteiger partial charge in [-0.2, -0.15) is 5.10 Å². The van der Waals surface area contributed by atoms with E-state index in [9.17, 15) is 14.9 Å². The van der Waals surface area contributed by atoms with Crippen molar-refractivity contribution in [2.24, 2.45) is 5.92 Å². The molecular weight excluding hydrogens is 310 g/mol. The molecular formula is C16H19N5O3. The van der Waals surface area contributed by atoms with Gasteiger partial charge in [0.05, 0.1) is 16.3 Å². The van der Waals surface area contributed by atoms with Crippen LogP contribution in [0.1, 0.15) is 30.0 Å². The Kier molecular flexibility index (Phi) is 3.96. The minimum absolute atomic E-state index is 0.0583. The van der Waals surface area contributed by atoms with Crippen molar-refractivity contribution in [1.82, 2.24) is 10.2 Å². The number of hydrogen-bond acceptors (Lipinski definition) is 5. The largest absolute Gasteiger partial charge is 0.379 e. The molecule has 1 aromatic carbocycles. The fourth-order valence-corrected chi connectivity index (χ4v) is 2.86. The lowest BCUT2D eigenvalue weighted by atomic mass is 9.99. The number of H-pyrrole nitrogens is 1. The Balaban J connectivity index is 2.05. The lowest BCUT2D eigenvalue weighted by Crippen LogP contribution is -2.47. The Bertz CT molecular complexity index is 799. The predicted octanol–water partition coefficient (Wildman–Crippen LogP) is 2.72. The van der Waals surface area contributed by atoms with Gasteiger partial charge in [0.25, 0.3) is 5.91 Å². The van der Waals surface area contributed by atoms with Crippen molar-refractivity contribution >= 4 is 23.0 Å². The highest BCUT2D eigenvalue weighted by atomic mass is 16.6. The van der Waals surface area contributed by atoms with Crippen LogP contribution in [0, 0.1) is 23.0 Å². The van der Waals surface area contributed by atoms with Gasteiger partial charge in [-0.1, -0.05) is 26.0 Å². The molecule has 126 valence electrons. The van der Waals surface area contributed by atoms with Crippen molar-refractivity contribution in [3.8, 4) is 0 Å².